The van der Waals surface area contributed by atoms with Gasteiger partial charge in [-0.3, -0.25) is 9.59 Å². The standard InChI is InChI=1S/C16H29NO5/c1-7-8-9-21-13(19)10-12(18)14(11(2)3)17-15(20)22-16(4,5)6/h11,14H,7-10H2,1-6H3,(H,17,20)/t14-/m0/s1. The van der Waals surface area contributed by atoms with Crippen molar-refractivity contribution in [3.63, 3.8) is 0 Å². The van der Waals surface area contributed by atoms with E-state index in [0.717, 1.165) is 12.8 Å². The number of carbonyl (C=O) groups is 3. The monoisotopic (exact) mass is 315 g/mol. The molecule has 0 saturated carbocycles. The lowest BCUT2D eigenvalue weighted by molar-refractivity contribution is -0.146. The quantitative estimate of drug-likeness (QED) is 0.423. The van der Waals surface area contributed by atoms with Crippen molar-refractivity contribution in [1.29, 1.82) is 0 Å². The SMILES string of the molecule is CCCCOC(=O)CC(=O)[C@@H](NC(=O)OC(C)(C)C)C(C)C. The number of nitrogens with one attached hydrogen (secondary N) is 1. The van der Waals surface area contributed by atoms with Gasteiger partial charge in [-0.2, -0.15) is 0 Å². The number of rotatable bonds is 8. The molecule has 1 atom stereocenters. The molecular formula is C16H29NO5. The highest BCUT2D eigenvalue weighted by Crippen LogP contribution is 2.10. The highest BCUT2D eigenvalue weighted by atomic mass is 16.6. The molecule has 0 unspecified atom stereocenters. The molecule has 0 fully saturated rings. The Morgan fingerprint density at radius 2 is 1.73 bits per heavy atom. The van der Waals surface area contributed by atoms with Gasteiger partial charge in [0, 0.05) is 0 Å². The number of amides is 1. The molecule has 0 aliphatic rings. The van der Waals surface area contributed by atoms with Crippen molar-refractivity contribution in [2.75, 3.05) is 6.61 Å². The van der Waals surface area contributed by atoms with Gasteiger partial charge in [-0.25, -0.2) is 4.79 Å². The average Bonchev–Trinajstić information content (AvgIpc) is 2.33. The van der Waals surface area contributed by atoms with Crippen LogP contribution < -0.4 is 5.32 Å². The van der Waals surface area contributed by atoms with Crippen molar-refractivity contribution in [3.8, 4) is 0 Å². The first-order valence-corrected chi connectivity index (χ1v) is 7.74. The lowest BCUT2D eigenvalue weighted by Gasteiger charge is -2.24. The molecule has 22 heavy (non-hydrogen) atoms. The summed E-state index contributed by atoms with van der Waals surface area (Å²) < 4.78 is 10.1. The topological polar surface area (TPSA) is 81.7 Å². The summed E-state index contributed by atoms with van der Waals surface area (Å²) in [6, 6.07) is -0.770. The molecule has 0 aromatic rings. The zero-order chi connectivity index (χ0) is 17.3. The number of alkyl carbamates (subject to hydrolysis) is 1. The van der Waals surface area contributed by atoms with Crippen molar-refractivity contribution in [1.82, 2.24) is 5.32 Å². The minimum Gasteiger partial charge on any atom is -0.465 e. The van der Waals surface area contributed by atoms with Gasteiger partial charge in [0.1, 0.15) is 12.0 Å². The van der Waals surface area contributed by atoms with E-state index < -0.39 is 23.7 Å². The van der Waals surface area contributed by atoms with E-state index in [1.807, 2.05) is 6.92 Å². The fourth-order valence-corrected chi connectivity index (χ4v) is 1.69. The first-order chi connectivity index (χ1) is 10.1. The molecule has 6 heteroatoms. The molecule has 0 bridgehead atoms. The number of Topliss-reactive ketones (excluding diaryl/α,β-unsaturated/α-hetero) is 1. The number of hydrogen-bond acceptors (Lipinski definition) is 5. The third-order valence-electron chi connectivity index (χ3n) is 2.77. The lowest BCUT2D eigenvalue weighted by Crippen LogP contribution is -2.47. The van der Waals surface area contributed by atoms with Crippen LogP contribution >= 0.6 is 0 Å². The van der Waals surface area contributed by atoms with Crippen LogP contribution in [0.5, 0.6) is 0 Å². The zero-order valence-electron chi connectivity index (χ0n) is 14.5. The molecule has 1 N–H and O–H groups in total. The first-order valence-electron chi connectivity index (χ1n) is 7.74. The summed E-state index contributed by atoms with van der Waals surface area (Å²) in [6.45, 7) is 11.1. The van der Waals surface area contributed by atoms with Crippen molar-refractivity contribution in [2.45, 2.75) is 72.4 Å². The Morgan fingerprint density at radius 1 is 1.14 bits per heavy atom. The normalized spacial score (nSPS) is 12.7. The molecule has 0 spiro atoms. The zero-order valence-corrected chi connectivity index (χ0v) is 14.5. The highest BCUT2D eigenvalue weighted by molar-refractivity contribution is 5.99. The number of unbranched alkanes of at least 4 members (excludes halogenated alkanes) is 1. The first kappa shape index (κ1) is 20.4. The summed E-state index contributed by atoms with van der Waals surface area (Å²) >= 11 is 0. The van der Waals surface area contributed by atoms with Crippen molar-refractivity contribution < 1.29 is 23.9 Å². The second-order valence-corrected chi connectivity index (χ2v) is 6.59. The van der Waals surface area contributed by atoms with Crippen LogP contribution in [0.25, 0.3) is 0 Å². The summed E-state index contributed by atoms with van der Waals surface area (Å²) in [6.07, 6.45) is 0.668. The summed E-state index contributed by atoms with van der Waals surface area (Å²) in [5, 5.41) is 2.53. The van der Waals surface area contributed by atoms with E-state index in [4.69, 9.17) is 9.47 Å². The van der Waals surface area contributed by atoms with Crippen LogP contribution in [0.2, 0.25) is 0 Å². The maximum absolute atomic E-state index is 12.2. The average molecular weight is 315 g/mol. The maximum Gasteiger partial charge on any atom is 0.408 e. The number of ketones is 1. The molecule has 1 amide bonds. The molecule has 0 aromatic carbocycles. The third kappa shape index (κ3) is 9.37. The van der Waals surface area contributed by atoms with E-state index in [1.165, 1.54) is 0 Å². The molecule has 0 rings (SSSR count). The van der Waals surface area contributed by atoms with Gasteiger partial charge >= 0.3 is 12.1 Å². The molecule has 0 aromatic heterocycles. The van der Waals surface area contributed by atoms with Crippen LogP contribution in [-0.2, 0) is 19.1 Å². The van der Waals surface area contributed by atoms with Crippen molar-refractivity contribution in [3.05, 3.63) is 0 Å². The second-order valence-electron chi connectivity index (χ2n) is 6.59. The fraction of sp³-hybridized carbons (Fsp3) is 0.812. The van der Waals surface area contributed by atoms with Gasteiger partial charge in [-0.15, -0.1) is 0 Å². The van der Waals surface area contributed by atoms with Gasteiger partial charge < -0.3 is 14.8 Å². The Labute approximate surface area is 132 Å². The number of hydrogen-bond donors (Lipinski definition) is 1. The highest BCUT2D eigenvalue weighted by Gasteiger charge is 2.28. The van der Waals surface area contributed by atoms with Gasteiger partial charge in [-0.05, 0) is 33.1 Å². The molecule has 0 heterocycles. The minimum absolute atomic E-state index is 0.150. The van der Waals surface area contributed by atoms with Crippen LogP contribution in [0.3, 0.4) is 0 Å². The number of carbonyl (C=O) groups excluding carboxylic acids is 3. The summed E-state index contributed by atoms with van der Waals surface area (Å²) in [4.78, 5) is 35.5. The van der Waals surface area contributed by atoms with Gasteiger partial charge in [0.25, 0.3) is 0 Å². The Balaban J connectivity index is 4.52. The predicted octanol–water partition coefficient (Wildman–Crippen LogP) is 2.84. The molecule has 0 saturated heterocycles. The van der Waals surface area contributed by atoms with Crippen LogP contribution in [-0.4, -0.2) is 36.1 Å². The van der Waals surface area contributed by atoms with Crippen molar-refractivity contribution >= 4 is 17.8 Å². The van der Waals surface area contributed by atoms with E-state index in [1.54, 1.807) is 34.6 Å². The number of ether oxygens (including phenoxy) is 2. The summed E-state index contributed by atoms with van der Waals surface area (Å²) in [5.41, 5.74) is -0.645. The van der Waals surface area contributed by atoms with Crippen molar-refractivity contribution in [2.24, 2.45) is 5.92 Å². The molecular weight excluding hydrogens is 286 g/mol. The predicted molar refractivity (Wildman–Crippen MR) is 83.5 cm³/mol. The largest absolute Gasteiger partial charge is 0.465 e. The summed E-state index contributed by atoms with van der Waals surface area (Å²) in [7, 11) is 0. The van der Waals surface area contributed by atoms with E-state index in [0.29, 0.717) is 6.61 Å². The second kappa shape index (κ2) is 9.43. The Kier molecular flexibility index (Phi) is 8.75. The number of esters is 1. The van der Waals surface area contributed by atoms with Gasteiger partial charge in [-0.1, -0.05) is 27.2 Å². The Hall–Kier alpha value is -1.59. The minimum atomic E-state index is -0.770. The molecule has 6 nitrogen and oxygen atoms in total. The molecule has 0 aliphatic carbocycles. The Bertz CT molecular complexity index is 384. The smallest absolute Gasteiger partial charge is 0.408 e. The summed E-state index contributed by atoms with van der Waals surface area (Å²) in [5.74, 6) is -1.08. The van der Waals surface area contributed by atoms with Gasteiger partial charge in [0.15, 0.2) is 5.78 Å². The Morgan fingerprint density at radius 3 is 2.18 bits per heavy atom. The molecule has 128 valence electrons. The van der Waals surface area contributed by atoms with Crippen LogP contribution in [0.15, 0.2) is 0 Å². The van der Waals surface area contributed by atoms with Crippen LogP contribution in [0, 0.1) is 5.92 Å². The lowest BCUT2D eigenvalue weighted by atomic mass is 9.98. The van der Waals surface area contributed by atoms with E-state index in [9.17, 15) is 14.4 Å². The fourth-order valence-electron chi connectivity index (χ4n) is 1.69. The molecule has 0 radical (unpaired) electrons. The van der Waals surface area contributed by atoms with Gasteiger partial charge in [0.05, 0.1) is 12.6 Å². The molecule has 0 aliphatic heterocycles. The van der Waals surface area contributed by atoms with Crippen LogP contribution in [0.4, 0.5) is 4.79 Å². The third-order valence-corrected chi connectivity index (χ3v) is 2.77. The van der Waals surface area contributed by atoms with E-state index >= 15 is 0 Å². The van der Waals surface area contributed by atoms with Gasteiger partial charge in [0.2, 0.25) is 0 Å². The van der Waals surface area contributed by atoms with E-state index in [2.05, 4.69) is 5.32 Å². The maximum atomic E-state index is 12.2. The van der Waals surface area contributed by atoms with Crippen LogP contribution in [0.1, 0.15) is 60.8 Å². The van der Waals surface area contributed by atoms with E-state index in [-0.39, 0.29) is 18.1 Å².